The van der Waals surface area contributed by atoms with Gasteiger partial charge in [-0.05, 0) is 36.8 Å². The molecule has 1 fully saturated rings. The number of nitrogens with one attached hydrogen (secondary N) is 1. The maximum Gasteiger partial charge on any atom is 0.0940 e. The SMILES string of the molecule is CC(C)c1ccc(C(O)C(C)NC2CCCCC2)cc1. The first kappa shape index (κ1) is 15.5. The van der Waals surface area contributed by atoms with Crippen LogP contribution >= 0.6 is 0 Å². The van der Waals surface area contributed by atoms with Crippen LogP contribution in [0.1, 0.15) is 76.0 Å². The molecule has 0 aliphatic heterocycles. The molecule has 2 unspecified atom stereocenters. The van der Waals surface area contributed by atoms with Crippen LogP contribution in [-0.4, -0.2) is 17.2 Å². The van der Waals surface area contributed by atoms with Crippen LogP contribution in [0.15, 0.2) is 24.3 Å². The Labute approximate surface area is 123 Å². The molecule has 1 saturated carbocycles. The van der Waals surface area contributed by atoms with E-state index in [1.807, 2.05) is 0 Å². The van der Waals surface area contributed by atoms with Crippen LogP contribution in [0.3, 0.4) is 0 Å². The van der Waals surface area contributed by atoms with Gasteiger partial charge in [-0.15, -0.1) is 0 Å². The van der Waals surface area contributed by atoms with Gasteiger partial charge in [-0.2, -0.15) is 0 Å². The second kappa shape index (κ2) is 7.24. The molecule has 0 spiro atoms. The van der Waals surface area contributed by atoms with E-state index >= 15 is 0 Å². The quantitative estimate of drug-likeness (QED) is 0.846. The predicted molar refractivity (Wildman–Crippen MR) is 85.0 cm³/mol. The Kier molecular flexibility index (Phi) is 5.62. The summed E-state index contributed by atoms with van der Waals surface area (Å²) in [6, 6.07) is 9.11. The lowest BCUT2D eigenvalue weighted by Crippen LogP contribution is -2.41. The van der Waals surface area contributed by atoms with Crippen molar-refractivity contribution in [2.75, 3.05) is 0 Å². The maximum atomic E-state index is 10.5. The molecule has 1 aliphatic carbocycles. The third kappa shape index (κ3) is 4.07. The lowest BCUT2D eigenvalue weighted by molar-refractivity contribution is 0.125. The zero-order chi connectivity index (χ0) is 14.5. The Balaban J connectivity index is 1.93. The molecule has 1 aliphatic rings. The highest BCUT2D eigenvalue weighted by Crippen LogP contribution is 2.23. The molecule has 2 heteroatoms. The lowest BCUT2D eigenvalue weighted by Gasteiger charge is -2.29. The average molecular weight is 275 g/mol. The number of hydrogen-bond acceptors (Lipinski definition) is 2. The van der Waals surface area contributed by atoms with E-state index in [4.69, 9.17) is 0 Å². The van der Waals surface area contributed by atoms with Gasteiger partial charge >= 0.3 is 0 Å². The average Bonchev–Trinajstić information content (AvgIpc) is 2.47. The molecule has 0 heterocycles. The second-order valence-corrected chi connectivity index (χ2v) is 6.56. The van der Waals surface area contributed by atoms with Gasteiger partial charge in [0.25, 0.3) is 0 Å². The first-order valence-electron chi connectivity index (χ1n) is 8.12. The van der Waals surface area contributed by atoms with Crippen LogP contribution in [0.25, 0.3) is 0 Å². The first-order chi connectivity index (χ1) is 9.58. The summed E-state index contributed by atoms with van der Waals surface area (Å²) >= 11 is 0. The molecule has 20 heavy (non-hydrogen) atoms. The van der Waals surface area contributed by atoms with Crippen molar-refractivity contribution in [1.82, 2.24) is 5.32 Å². The van der Waals surface area contributed by atoms with Gasteiger partial charge in [-0.3, -0.25) is 0 Å². The summed E-state index contributed by atoms with van der Waals surface area (Å²) in [6.07, 6.45) is 6.10. The molecule has 0 radical (unpaired) electrons. The van der Waals surface area contributed by atoms with Gasteiger partial charge in [0.05, 0.1) is 6.10 Å². The summed E-state index contributed by atoms with van der Waals surface area (Å²) in [4.78, 5) is 0. The summed E-state index contributed by atoms with van der Waals surface area (Å²) < 4.78 is 0. The van der Waals surface area contributed by atoms with E-state index in [9.17, 15) is 5.11 Å². The number of aliphatic hydroxyl groups is 1. The van der Waals surface area contributed by atoms with Crippen molar-refractivity contribution in [3.05, 3.63) is 35.4 Å². The van der Waals surface area contributed by atoms with E-state index in [1.165, 1.54) is 37.7 Å². The smallest absolute Gasteiger partial charge is 0.0940 e. The molecule has 2 N–H and O–H groups in total. The van der Waals surface area contributed by atoms with Crippen molar-refractivity contribution in [3.8, 4) is 0 Å². The molecule has 1 aromatic rings. The molecule has 1 aromatic carbocycles. The van der Waals surface area contributed by atoms with Crippen LogP contribution in [0.2, 0.25) is 0 Å². The Morgan fingerprint density at radius 3 is 2.05 bits per heavy atom. The summed E-state index contributed by atoms with van der Waals surface area (Å²) in [5, 5.41) is 14.1. The highest BCUT2D eigenvalue weighted by Gasteiger charge is 2.21. The van der Waals surface area contributed by atoms with Crippen molar-refractivity contribution in [2.24, 2.45) is 0 Å². The summed E-state index contributed by atoms with van der Waals surface area (Å²) in [5.41, 5.74) is 2.35. The van der Waals surface area contributed by atoms with Gasteiger partial charge in [-0.1, -0.05) is 57.4 Å². The standard InChI is InChI=1S/C18H29NO/c1-13(2)15-9-11-16(12-10-15)18(20)14(3)19-17-7-5-4-6-8-17/h9-14,17-20H,4-8H2,1-3H3. The van der Waals surface area contributed by atoms with Crippen LogP contribution in [0, 0.1) is 0 Å². The molecule has 0 bridgehead atoms. The highest BCUT2D eigenvalue weighted by atomic mass is 16.3. The van der Waals surface area contributed by atoms with Gasteiger partial charge in [0.15, 0.2) is 0 Å². The number of benzene rings is 1. The molecule has 0 saturated heterocycles. The van der Waals surface area contributed by atoms with Gasteiger partial charge in [0.1, 0.15) is 0 Å². The fraction of sp³-hybridized carbons (Fsp3) is 0.667. The van der Waals surface area contributed by atoms with E-state index in [-0.39, 0.29) is 6.04 Å². The Morgan fingerprint density at radius 2 is 1.50 bits per heavy atom. The molecular formula is C18H29NO. The summed E-state index contributed by atoms with van der Waals surface area (Å²) in [6.45, 7) is 6.48. The van der Waals surface area contributed by atoms with Gasteiger partial charge in [0.2, 0.25) is 0 Å². The minimum absolute atomic E-state index is 0.114. The molecular weight excluding hydrogens is 246 g/mol. The van der Waals surface area contributed by atoms with Crippen molar-refractivity contribution >= 4 is 0 Å². The zero-order valence-corrected chi connectivity index (χ0v) is 13.1. The van der Waals surface area contributed by atoms with E-state index in [0.717, 1.165) is 5.56 Å². The topological polar surface area (TPSA) is 32.3 Å². The first-order valence-corrected chi connectivity index (χ1v) is 8.12. The van der Waals surface area contributed by atoms with Crippen LogP contribution in [-0.2, 0) is 0 Å². The second-order valence-electron chi connectivity index (χ2n) is 6.56. The highest BCUT2D eigenvalue weighted by molar-refractivity contribution is 5.26. The molecule has 2 rings (SSSR count). The largest absolute Gasteiger partial charge is 0.387 e. The van der Waals surface area contributed by atoms with Crippen LogP contribution in [0.4, 0.5) is 0 Å². The van der Waals surface area contributed by atoms with E-state index in [1.54, 1.807) is 0 Å². The Bertz CT molecular complexity index is 392. The molecule has 112 valence electrons. The molecule has 2 atom stereocenters. The van der Waals surface area contributed by atoms with Gasteiger partial charge in [-0.25, -0.2) is 0 Å². The van der Waals surface area contributed by atoms with E-state index < -0.39 is 6.10 Å². The lowest BCUT2D eigenvalue weighted by atomic mass is 9.93. The molecule has 0 aromatic heterocycles. The fourth-order valence-electron chi connectivity index (χ4n) is 3.10. The van der Waals surface area contributed by atoms with Crippen LogP contribution < -0.4 is 5.32 Å². The van der Waals surface area contributed by atoms with E-state index in [2.05, 4.69) is 50.4 Å². The fourth-order valence-corrected chi connectivity index (χ4v) is 3.10. The minimum Gasteiger partial charge on any atom is -0.387 e. The monoisotopic (exact) mass is 275 g/mol. The van der Waals surface area contributed by atoms with Crippen molar-refractivity contribution < 1.29 is 5.11 Å². The predicted octanol–water partition coefficient (Wildman–Crippen LogP) is 4.15. The Morgan fingerprint density at radius 1 is 0.950 bits per heavy atom. The summed E-state index contributed by atoms with van der Waals surface area (Å²) in [7, 11) is 0. The maximum absolute atomic E-state index is 10.5. The number of hydrogen-bond donors (Lipinski definition) is 2. The van der Waals surface area contributed by atoms with Crippen molar-refractivity contribution in [2.45, 2.75) is 77.0 Å². The third-order valence-electron chi connectivity index (χ3n) is 4.52. The Hall–Kier alpha value is -0.860. The third-order valence-corrected chi connectivity index (χ3v) is 4.52. The molecule has 0 amide bonds. The van der Waals surface area contributed by atoms with Crippen molar-refractivity contribution in [1.29, 1.82) is 0 Å². The number of aliphatic hydroxyl groups excluding tert-OH is 1. The van der Waals surface area contributed by atoms with Gasteiger partial charge in [0, 0.05) is 12.1 Å². The number of rotatable bonds is 5. The van der Waals surface area contributed by atoms with Crippen LogP contribution in [0.5, 0.6) is 0 Å². The zero-order valence-electron chi connectivity index (χ0n) is 13.1. The molecule has 2 nitrogen and oxygen atoms in total. The van der Waals surface area contributed by atoms with Crippen molar-refractivity contribution in [3.63, 3.8) is 0 Å². The van der Waals surface area contributed by atoms with Gasteiger partial charge < -0.3 is 10.4 Å². The summed E-state index contributed by atoms with van der Waals surface area (Å²) in [5.74, 6) is 0.541. The van der Waals surface area contributed by atoms with E-state index in [0.29, 0.717) is 12.0 Å². The minimum atomic E-state index is -0.418. The normalized spacial score (nSPS) is 20.1.